The highest BCUT2D eigenvalue weighted by Crippen LogP contribution is 2.65. The average molecular weight is 262 g/mol. The lowest BCUT2D eigenvalue weighted by Crippen LogP contribution is -2.27. The normalized spacial score (nSPS) is 23.9. The Morgan fingerprint density at radius 3 is 1.95 bits per heavy atom. The molecule has 0 radical (unpaired) electrons. The highest BCUT2D eigenvalue weighted by Gasteiger charge is 2.68. The molecule has 1 saturated carbocycles. The van der Waals surface area contributed by atoms with Crippen LogP contribution in [0.2, 0.25) is 0 Å². The van der Waals surface area contributed by atoms with Crippen LogP contribution in [0.5, 0.6) is 5.75 Å². The van der Waals surface area contributed by atoms with Gasteiger partial charge in [-0.15, -0.1) is 0 Å². The number of rotatable bonds is 3. The molecule has 0 N–H and O–H groups in total. The maximum atomic E-state index is 12.2. The number of esters is 1. The van der Waals surface area contributed by atoms with Gasteiger partial charge in [0, 0.05) is 0 Å². The van der Waals surface area contributed by atoms with Gasteiger partial charge in [0.2, 0.25) is 0 Å². The highest BCUT2D eigenvalue weighted by atomic mass is 16.5. The second-order valence-electron chi connectivity index (χ2n) is 6.10. The third-order valence-electron chi connectivity index (χ3n) is 4.43. The van der Waals surface area contributed by atoms with Gasteiger partial charge < -0.3 is 9.47 Å². The van der Waals surface area contributed by atoms with E-state index >= 15 is 0 Å². The molecule has 3 heteroatoms. The molecule has 0 heterocycles. The Morgan fingerprint density at radius 2 is 1.63 bits per heavy atom. The highest BCUT2D eigenvalue weighted by molar-refractivity contribution is 5.89. The van der Waals surface area contributed by atoms with Gasteiger partial charge in [0.15, 0.2) is 0 Å². The van der Waals surface area contributed by atoms with Crippen molar-refractivity contribution in [1.29, 1.82) is 0 Å². The Hall–Kier alpha value is -1.51. The van der Waals surface area contributed by atoms with E-state index in [2.05, 4.69) is 26.0 Å². The third-order valence-corrected chi connectivity index (χ3v) is 4.43. The largest absolute Gasteiger partial charge is 0.496 e. The maximum absolute atomic E-state index is 12.2. The molecular weight excluding hydrogens is 240 g/mol. The zero-order chi connectivity index (χ0) is 14.4. The molecule has 0 saturated heterocycles. The van der Waals surface area contributed by atoms with Crippen LogP contribution in [0.3, 0.4) is 0 Å². The number of hydrogen-bond donors (Lipinski definition) is 0. The van der Waals surface area contributed by atoms with Gasteiger partial charge in [-0.1, -0.05) is 26.0 Å². The summed E-state index contributed by atoms with van der Waals surface area (Å²) in [4.78, 5) is 12.2. The number of hydrogen-bond acceptors (Lipinski definition) is 3. The van der Waals surface area contributed by atoms with Gasteiger partial charge in [0.1, 0.15) is 5.75 Å². The quantitative estimate of drug-likeness (QED) is 0.785. The molecule has 0 amide bonds. The lowest BCUT2D eigenvalue weighted by atomic mass is 9.86. The molecule has 0 aliphatic heterocycles. The number of carbonyl (C=O) groups excluding carboxylic acids is 1. The number of ether oxygens (including phenoxy) is 2. The summed E-state index contributed by atoms with van der Waals surface area (Å²) in [6.45, 7) is 8.24. The molecule has 1 fully saturated rings. The molecule has 1 aromatic carbocycles. The monoisotopic (exact) mass is 262 g/mol. The van der Waals surface area contributed by atoms with Crippen molar-refractivity contribution in [3.8, 4) is 5.75 Å². The van der Waals surface area contributed by atoms with Crippen molar-refractivity contribution in [3.05, 3.63) is 28.8 Å². The SMILES string of the molecule is COC(=O)C1(c2cc(C)c(OC)c(C)c2)CC1(C)C. The summed E-state index contributed by atoms with van der Waals surface area (Å²) in [6, 6.07) is 4.11. The summed E-state index contributed by atoms with van der Waals surface area (Å²) < 4.78 is 10.4. The van der Waals surface area contributed by atoms with E-state index in [-0.39, 0.29) is 11.4 Å². The molecule has 1 atom stereocenters. The van der Waals surface area contributed by atoms with Crippen molar-refractivity contribution in [2.45, 2.75) is 39.5 Å². The van der Waals surface area contributed by atoms with Crippen LogP contribution in [0.25, 0.3) is 0 Å². The minimum absolute atomic E-state index is 0.0481. The molecule has 0 bridgehead atoms. The number of benzene rings is 1. The van der Waals surface area contributed by atoms with Crippen molar-refractivity contribution in [1.82, 2.24) is 0 Å². The fraction of sp³-hybridized carbons (Fsp3) is 0.562. The Kier molecular flexibility index (Phi) is 3.12. The molecule has 0 spiro atoms. The van der Waals surface area contributed by atoms with Crippen LogP contribution in [0.4, 0.5) is 0 Å². The molecule has 1 aromatic rings. The smallest absolute Gasteiger partial charge is 0.316 e. The fourth-order valence-electron chi connectivity index (χ4n) is 3.27. The minimum Gasteiger partial charge on any atom is -0.496 e. The predicted molar refractivity (Wildman–Crippen MR) is 74.6 cm³/mol. The first-order chi connectivity index (χ1) is 8.80. The summed E-state index contributed by atoms with van der Waals surface area (Å²) in [5, 5.41) is 0. The molecule has 1 unspecified atom stereocenters. The van der Waals surface area contributed by atoms with Crippen molar-refractivity contribution < 1.29 is 14.3 Å². The van der Waals surface area contributed by atoms with Crippen LogP contribution >= 0.6 is 0 Å². The summed E-state index contributed by atoms with van der Waals surface area (Å²) in [6.07, 6.45) is 0.831. The Labute approximate surface area is 114 Å². The van der Waals surface area contributed by atoms with Crippen LogP contribution in [-0.2, 0) is 14.9 Å². The van der Waals surface area contributed by atoms with E-state index in [9.17, 15) is 4.79 Å². The van der Waals surface area contributed by atoms with E-state index in [1.54, 1.807) is 7.11 Å². The molecule has 0 aromatic heterocycles. The second-order valence-corrected chi connectivity index (χ2v) is 6.10. The van der Waals surface area contributed by atoms with Crippen LogP contribution in [0.15, 0.2) is 12.1 Å². The van der Waals surface area contributed by atoms with E-state index in [1.807, 2.05) is 13.8 Å². The Bertz CT molecular complexity index is 508. The van der Waals surface area contributed by atoms with Gasteiger partial charge in [-0.25, -0.2) is 0 Å². The van der Waals surface area contributed by atoms with Gasteiger partial charge in [-0.2, -0.15) is 0 Å². The first kappa shape index (κ1) is 13.9. The van der Waals surface area contributed by atoms with E-state index in [4.69, 9.17) is 9.47 Å². The lowest BCUT2D eigenvalue weighted by molar-refractivity contribution is -0.144. The number of methoxy groups -OCH3 is 2. The van der Waals surface area contributed by atoms with E-state index < -0.39 is 5.41 Å². The van der Waals surface area contributed by atoms with E-state index in [0.717, 1.165) is 28.9 Å². The molecule has 1 aliphatic carbocycles. The zero-order valence-electron chi connectivity index (χ0n) is 12.6. The topological polar surface area (TPSA) is 35.5 Å². The molecule has 19 heavy (non-hydrogen) atoms. The molecule has 104 valence electrons. The van der Waals surface area contributed by atoms with Gasteiger partial charge >= 0.3 is 5.97 Å². The van der Waals surface area contributed by atoms with Crippen molar-refractivity contribution in [2.75, 3.05) is 14.2 Å². The van der Waals surface area contributed by atoms with Crippen LogP contribution < -0.4 is 4.74 Å². The summed E-state index contributed by atoms with van der Waals surface area (Å²) in [5.74, 6) is 0.753. The number of carbonyl (C=O) groups is 1. The van der Waals surface area contributed by atoms with Crippen molar-refractivity contribution in [3.63, 3.8) is 0 Å². The third kappa shape index (κ3) is 1.83. The van der Waals surface area contributed by atoms with Gasteiger partial charge in [-0.05, 0) is 42.4 Å². The second kappa shape index (κ2) is 4.26. The summed E-state index contributed by atoms with van der Waals surface area (Å²) in [7, 11) is 3.13. The van der Waals surface area contributed by atoms with E-state index in [1.165, 1.54) is 7.11 Å². The van der Waals surface area contributed by atoms with Gasteiger partial charge in [0.05, 0.1) is 19.6 Å². The molecule has 3 nitrogen and oxygen atoms in total. The Morgan fingerprint density at radius 1 is 1.16 bits per heavy atom. The summed E-state index contributed by atoms with van der Waals surface area (Å²) >= 11 is 0. The number of aryl methyl sites for hydroxylation is 2. The molecule has 2 rings (SSSR count). The first-order valence-electron chi connectivity index (χ1n) is 6.54. The first-order valence-corrected chi connectivity index (χ1v) is 6.54. The predicted octanol–water partition coefficient (Wildman–Crippen LogP) is 3.15. The fourth-order valence-corrected chi connectivity index (χ4v) is 3.27. The molecular formula is C16H22O3. The zero-order valence-corrected chi connectivity index (χ0v) is 12.6. The van der Waals surface area contributed by atoms with Crippen LogP contribution in [0.1, 0.15) is 37.0 Å². The molecule has 1 aliphatic rings. The van der Waals surface area contributed by atoms with Crippen molar-refractivity contribution in [2.24, 2.45) is 5.41 Å². The average Bonchev–Trinajstić information content (AvgIpc) is 2.92. The van der Waals surface area contributed by atoms with Gasteiger partial charge in [-0.3, -0.25) is 4.79 Å². The van der Waals surface area contributed by atoms with Crippen molar-refractivity contribution >= 4 is 5.97 Å². The maximum Gasteiger partial charge on any atom is 0.316 e. The Balaban J connectivity index is 2.55. The van der Waals surface area contributed by atoms with Gasteiger partial charge in [0.25, 0.3) is 0 Å². The van der Waals surface area contributed by atoms with E-state index in [0.29, 0.717) is 0 Å². The van der Waals surface area contributed by atoms with Crippen LogP contribution in [-0.4, -0.2) is 20.2 Å². The standard InChI is InChI=1S/C16H22O3/c1-10-7-12(8-11(2)13(10)18-5)16(14(17)19-6)9-15(16,3)4/h7-8H,9H2,1-6H3. The minimum atomic E-state index is -0.496. The summed E-state index contributed by atoms with van der Waals surface area (Å²) in [5.41, 5.74) is 2.61. The lowest BCUT2D eigenvalue weighted by Gasteiger charge is -2.21. The van der Waals surface area contributed by atoms with Crippen LogP contribution in [0, 0.1) is 19.3 Å².